The van der Waals surface area contributed by atoms with Crippen LogP contribution < -0.4 is 11.1 Å². The van der Waals surface area contributed by atoms with E-state index in [1.165, 1.54) is 0 Å². The zero-order valence-corrected chi connectivity index (χ0v) is 10.6. The lowest BCUT2D eigenvalue weighted by Gasteiger charge is -2.06. The van der Waals surface area contributed by atoms with Crippen LogP contribution in [0, 0.1) is 0 Å². The maximum absolute atomic E-state index is 11.7. The molecule has 3 N–H and O–H groups in total. The van der Waals surface area contributed by atoms with Crippen molar-refractivity contribution in [1.82, 2.24) is 9.88 Å². The molecular weight excluding hydrogens is 274 g/mol. The zero-order chi connectivity index (χ0) is 12.1. The Balaban J connectivity index is 2.61. The summed E-state index contributed by atoms with van der Waals surface area (Å²) in [4.78, 5) is 22.2. The van der Waals surface area contributed by atoms with Crippen molar-refractivity contribution in [3.63, 3.8) is 0 Å². The van der Waals surface area contributed by atoms with Gasteiger partial charge in [-0.15, -0.1) is 0 Å². The predicted molar refractivity (Wildman–Crippen MR) is 64.0 cm³/mol. The molecule has 0 saturated carbocycles. The molecule has 0 radical (unpaired) electrons. The zero-order valence-electron chi connectivity index (χ0n) is 9.00. The number of rotatable bonds is 5. The molecule has 0 saturated heterocycles. The number of carbonyl (C=O) groups excluding carboxylic acids is 2. The Morgan fingerprint density at radius 2 is 2.25 bits per heavy atom. The van der Waals surface area contributed by atoms with Gasteiger partial charge in [0.25, 0.3) is 5.91 Å². The fraction of sp³-hybridized carbons (Fsp3) is 0.400. The van der Waals surface area contributed by atoms with Crippen LogP contribution in [0.15, 0.2) is 16.7 Å². The maximum atomic E-state index is 11.7. The van der Waals surface area contributed by atoms with Crippen LogP contribution in [-0.2, 0) is 11.3 Å². The van der Waals surface area contributed by atoms with Gasteiger partial charge in [-0.25, -0.2) is 0 Å². The van der Waals surface area contributed by atoms with Gasteiger partial charge in [0.15, 0.2) is 0 Å². The molecule has 0 fully saturated rings. The Kier molecular flexibility index (Phi) is 4.54. The Bertz CT molecular complexity index is 401. The van der Waals surface area contributed by atoms with E-state index in [1.807, 2.05) is 17.7 Å². The summed E-state index contributed by atoms with van der Waals surface area (Å²) in [6, 6.07) is 1.74. The molecular formula is C10H14BrN3O2. The Labute approximate surface area is 102 Å². The summed E-state index contributed by atoms with van der Waals surface area (Å²) in [5.74, 6) is -0.624. The summed E-state index contributed by atoms with van der Waals surface area (Å²) in [6.07, 6.45) is 1.99. The molecule has 1 heterocycles. The van der Waals surface area contributed by atoms with Gasteiger partial charge in [-0.2, -0.15) is 0 Å². The minimum Gasteiger partial charge on any atom is -0.370 e. The second-order valence-electron chi connectivity index (χ2n) is 3.30. The van der Waals surface area contributed by atoms with Crippen molar-refractivity contribution in [2.45, 2.75) is 19.9 Å². The number of halogens is 1. The van der Waals surface area contributed by atoms with Gasteiger partial charge in [0.2, 0.25) is 5.91 Å². The number of hydrogen-bond donors (Lipinski definition) is 2. The van der Waals surface area contributed by atoms with Crippen LogP contribution in [-0.4, -0.2) is 22.9 Å². The molecule has 0 atom stereocenters. The summed E-state index contributed by atoms with van der Waals surface area (Å²) in [6.45, 7) is 2.93. The van der Waals surface area contributed by atoms with Crippen molar-refractivity contribution in [3.8, 4) is 0 Å². The number of nitrogens with zero attached hydrogens (tertiary/aromatic N) is 1. The second kappa shape index (κ2) is 5.69. The third-order valence-electron chi connectivity index (χ3n) is 2.09. The first kappa shape index (κ1) is 12.8. The largest absolute Gasteiger partial charge is 0.370 e. The fourth-order valence-electron chi connectivity index (χ4n) is 1.32. The van der Waals surface area contributed by atoms with Gasteiger partial charge in [-0.1, -0.05) is 0 Å². The Morgan fingerprint density at radius 3 is 2.81 bits per heavy atom. The van der Waals surface area contributed by atoms with Crippen LogP contribution in [0.5, 0.6) is 0 Å². The highest BCUT2D eigenvalue weighted by Crippen LogP contribution is 2.14. The fourth-order valence-corrected chi connectivity index (χ4v) is 1.78. The van der Waals surface area contributed by atoms with Gasteiger partial charge < -0.3 is 15.6 Å². The minimum absolute atomic E-state index is 0.153. The van der Waals surface area contributed by atoms with Gasteiger partial charge >= 0.3 is 0 Å². The molecule has 1 aromatic heterocycles. The molecule has 0 aromatic carbocycles. The first-order valence-electron chi connectivity index (χ1n) is 4.96. The van der Waals surface area contributed by atoms with Crippen molar-refractivity contribution in [1.29, 1.82) is 0 Å². The Hall–Kier alpha value is -1.30. The van der Waals surface area contributed by atoms with E-state index in [0.717, 1.165) is 4.47 Å². The molecule has 6 heteroatoms. The highest BCUT2D eigenvalue weighted by atomic mass is 79.9. The maximum Gasteiger partial charge on any atom is 0.267 e. The Morgan fingerprint density at radius 1 is 1.56 bits per heavy atom. The monoisotopic (exact) mass is 287 g/mol. The average Bonchev–Trinajstić information content (AvgIpc) is 2.59. The van der Waals surface area contributed by atoms with Crippen LogP contribution in [0.1, 0.15) is 23.8 Å². The number of carbonyl (C=O) groups is 2. The number of nitrogens with one attached hydrogen (secondary N) is 1. The normalized spacial score (nSPS) is 10.1. The smallest absolute Gasteiger partial charge is 0.267 e. The minimum atomic E-state index is -0.424. The van der Waals surface area contributed by atoms with E-state index < -0.39 is 5.91 Å². The summed E-state index contributed by atoms with van der Waals surface area (Å²) < 4.78 is 2.68. The van der Waals surface area contributed by atoms with E-state index >= 15 is 0 Å². The van der Waals surface area contributed by atoms with Crippen LogP contribution >= 0.6 is 15.9 Å². The van der Waals surface area contributed by atoms with Crippen molar-refractivity contribution < 1.29 is 9.59 Å². The lowest BCUT2D eigenvalue weighted by atomic mass is 10.3. The molecule has 2 amide bonds. The first-order valence-corrected chi connectivity index (χ1v) is 5.76. The summed E-state index contributed by atoms with van der Waals surface area (Å²) >= 11 is 3.31. The van der Waals surface area contributed by atoms with Gasteiger partial charge in [-0.05, 0) is 28.9 Å². The van der Waals surface area contributed by atoms with E-state index in [-0.39, 0.29) is 18.9 Å². The molecule has 0 aliphatic heterocycles. The van der Waals surface area contributed by atoms with Crippen LogP contribution in [0.25, 0.3) is 0 Å². The van der Waals surface area contributed by atoms with E-state index in [9.17, 15) is 9.59 Å². The van der Waals surface area contributed by atoms with Gasteiger partial charge in [-0.3, -0.25) is 9.59 Å². The van der Waals surface area contributed by atoms with Gasteiger partial charge in [0.1, 0.15) is 5.69 Å². The van der Waals surface area contributed by atoms with Crippen molar-refractivity contribution in [3.05, 3.63) is 22.4 Å². The summed E-state index contributed by atoms with van der Waals surface area (Å²) in [7, 11) is 0. The SMILES string of the molecule is CCn1cc(Br)cc1C(=O)NCCC(N)=O. The van der Waals surface area contributed by atoms with Crippen molar-refractivity contribution >= 4 is 27.7 Å². The van der Waals surface area contributed by atoms with Crippen LogP contribution in [0.4, 0.5) is 0 Å². The third kappa shape index (κ3) is 3.37. The van der Waals surface area contributed by atoms with Gasteiger partial charge in [0.05, 0.1) is 0 Å². The molecule has 0 aliphatic rings. The molecule has 16 heavy (non-hydrogen) atoms. The number of primary amides is 1. The molecule has 0 spiro atoms. The number of nitrogens with two attached hydrogens (primary N) is 1. The van der Waals surface area contributed by atoms with E-state index in [0.29, 0.717) is 12.2 Å². The second-order valence-corrected chi connectivity index (χ2v) is 4.22. The summed E-state index contributed by atoms with van der Waals surface area (Å²) in [5.41, 5.74) is 5.54. The summed E-state index contributed by atoms with van der Waals surface area (Å²) in [5, 5.41) is 2.64. The lowest BCUT2D eigenvalue weighted by Crippen LogP contribution is -2.29. The van der Waals surface area contributed by atoms with Crippen molar-refractivity contribution in [2.75, 3.05) is 6.54 Å². The van der Waals surface area contributed by atoms with E-state index in [4.69, 9.17) is 5.73 Å². The highest BCUT2D eigenvalue weighted by Gasteiger charge is 2.11. The van der Waals surface area contributed by atoms with E-state index in [1.54, 1.807) is 6.07 Å². The standard InChI is InChI=1S/C10H14BrN3O2/c1-2-14-6-7(11)5-8(14)10(16)13-4-3-9(12)15/h5-6H,2-4H2,1H3,(H2,12,15)(H,13,16). The third-order valence-corrected chi connectivity index (χ3v) is 2.53. The lowest BCUT2D eigenvalue weighted by molar-refractivity contribution is -0.117. The number of aryl methyl sites for hydroxylation is 1. The molecule has 88 valence electrons. The van der Waals surface area contributed by atoms with E-state index in [2.05, 4.69) is 21.2 Å². The molecule has 0 aliphatic carbocycles. The predicted octanol–water partition coefficient (Wildman–Crippen LogP) is 0.876. The average molecular weight is 288 g/mol. The molecule has 1 aromatic rings. The quantitative estimate of drug-likeness (QED) is 0.843. The molecule has 1 rings (SSSR count). The number of amides is 2. The number of hydrogen-bond acceptors (Lipinski definition) is 2. The molecule has 0 bridgehead atoms. The van der Waals surface area contributed by atoms with Crippen LogP contribution in [0.2, 0.25) is 0 Å². The van der Waals surface area contributed by atoms with Gasteiger partial charge in [0, 0.05) is 30.2 Å². The van der Waals surface area contributed by atoms with Crippen molar-refractivity contribution in [2.24, 2.45) is 5.73 Å². The molecule has 0 unspecified atom stereocenters. The highest BCUT2D eigenvalue weighted by molar-refractivity contribution is 9.10. The van der Waals surface area contributed by atoms with Crippen LogP contribution in [0.3, 0.4) is 0 Å². The topological polar surface area (TPSA) is 77.1 Å². The first-order chi connectivity index (χ1) is 7.54. The number of aromatic nitrogens is 1. The molecule has 5 nitrogen and oxygen atoms in total.